The molecule has 0 radical (unpaired) electrons. The van der Waals surface area contributed by atoms with E-state index in [1.54, 1.807) is 0 Å². The van der Waals surface area contributed by atoms with E-state index in [1.807, 2.05) is 18.3 Å². The van der Waals surface area contributed by atoms with Crippen LogP contribution in [0.25, 0.3) is 0 Å². The third-order valence-corrected chi connectivity index (χ3v) is 3.47. The van der Waals surface area contributed by atoms with Gasteiger partial charge in [0.2, 0.25) is 0 Å². The third kappa shape index (κ3) is 4.84. The summed E-state index contributed by atoms with van der Waals surface area (Å²) in [6.07, 6.45) is 3.98. The third-order valence-electron chi connectivity index (χ3n) is 3.47. The molecule has 1 atom stereocenters. The Balaban J connectivity index is 2.37. The molecule has 1 aromatic heterocycles. The standard InChI is InChI=1S/C14H25N3/c1-4-14(2,11-15)12-17(3)10-8-13-7-5-6-9-16-13/h5-7,9H,4,8,10-12,15H2,1-3H3. The SMILES string of the molecule is CCC(C)(CN)CN(C)CCc1ccccn1. The summed E-state index contributed by atoms with van der Waals surface area (Å²) in [5.74, 6) is 0. The second kappa shape index (κ2) is 6.72. The van der Waals surface area contributed by atoms with Crippen LogP contribution in [0.5, 0.6) is 0 Å². The minimum Gasteiger partial charge on any atom is -0.330 e. The molecule has 0 spiro atoms. The van der Waals surface area contributed by atoms with Gasteiger partial charge < -0.3 is 10.6 Å². The molecule has 0 aliphatic heterocycles. The lowest BCUT2D eigenvalue weighted by Gasteiger charge is -2.31. The van der Waals surface area contributed by atoms with Gasteiger partial charge in [0.05, 0.1) is 0 Å². The highest BCUT2D eigenvalue weighted by Crippen LogP contribution is 2.20. The van der Waals surface area contributed by atoms with Gasteiger partial charge in [-0.05, 0) is 37.6 Å². The number of nitrogens with two attached hydrogens (primary N) is 1. The van der Waals surface area contributed by atoms with Crippen molar-refractivity contribution < 1.29 is 0 Å². The van der Waals surface area contributed by atoms with E-state index in [-0.39, 0.29) is 5.41 Å². The van der Waals surface area contributed by atoms with E-state index in [0.717, 1.165) is 38.2 Å². The Morgan fingerprint density at radius 3 is 2.71 bits per heavy atom. The summed E-state index contributed by atoms with van der Waals surface area (Å²) in [7, 11) is 2.16. The fourth-order valence-corrected chi connectivity index (χ4v) is 1.90. The van der Waals surface area contributed by atoms with Crippen molar-refractivity contribution in [1.82, 2.24) is 9.88 Å². The smallest absolute Gasteiger partial charge is 0.0416 e. The van der Waals surface area contributed by atoms with Crippen LogP contribution >= 0.6 is 0 Å². The van der Waals surface area contributed by atoms with Crippen molar-refractivity contribution in [2.75, 3.05) is 26.7 Å². The summed E-state index contributed by atoms with van der Waals surface area (Å²) < 4.78 is 0. The zero-order valence-corrected chi connectivity index (χ0v) is 11.3. The van der Waals surface area contributed by atoms with Crippen LogP contribution in [0.15, 0.2) is 24.4 Å². The molecule has 1 rings (SSSR count). The predicted octanol–water partition coefficient (Wildman–Crippen LogP) is 1.93. The number of pyridine rings is 1. The van der Waals surface area contributed by atoms with Gasteiger partial charge >= 0.3 is 0 Å². The lowest BCUT2D eigenvalue weighted by molar-refractivity contribution is 0.193. The van der Waals surface area contributed by atoms with Crippen LogP contribution in [0.2, 0.25) is 0 Å². The molecule has 0 fully saturated rings. The van der Waals surface area contributed by atoms with E-state index in [2.05, 4.69) is 36.8 Å². The second-order valence-corrected chi connectivity index (χ2v) is 5.18. The molecule has 3 heteroatoms. The quantitative estimate of drug-likeness (QED) is 0.785. The van der Waals surface area contributed by atoms with Crippen molar-refractivity contribution in [3.63, 3.8) is 0 Å². The number of rotatable bonds is 7. The Kier molecular flexibility index (Phi) is 5.59. The highest BCUT2D eigenvalue weighted by atomic mass is 15.1. The maximum Gasteiger partial charge on any atom is 0.0416 e. The number of aromatic nitrogens is 1. The Labute approximate surface area is 105 Å². The summed E-state index contributed by atoms with van der Waals surface area (Å²) in [6, 6.07) is 6.07. The molecule has 0 saturated carbocycles. The molecule has 1 heterocycles. The van der Waals surface area contributed by atoms with Crippen LogP contribution < -0.4 is 5.73 Å². The highest BCUT2D eigenvalue weighted by Gasteiger charge is 2.21. The maximum atomic E-state index is 5.83. The van der Waals surface area contributed by atoms with E-state index in [9.17, 15) is 0 Å². The minimum atomic E-state index is 0.235. The zero-order valence-electron chi connectivity index (χ0n) is 11.3. The predicted molar refractivity (Wildman–Crippen MR) is 72.9 cm³/mol. The molecule has 1 unspecified atom stereocenters. The molecule has 0 aromatic carbocycles. The van der Waals surface area contributed by atoms with E-state index in [0.29, 0.717) is 0 Å². The van der Waals surface area contributed by atoms with Crippen LogP contribution in [-0.2, 0) is 6.42 Å². The number of hydrogen-bond donors (Lipinski definition) is 1. The van der Waals surface area contributed by atoms with E-state index >= 15 is 0 Å². The summed E-state index contributed by atoms with van der Waals surface area (Å²) >= 11 is 0. The minimum absolute atomic E-state index is 0.235. The van der Waals surface area contributed by atoms with Crippen molar-refractivity contribution in [2.45, 2.75) is 26.7 Å². The molecule has 0 bridgehead atoms. The first-order valence-corrected chi connectivity index (χ1v) is 6.38. The van der Waals surface area contributed by atoms with Crippen LogP contribution in [-0.4, -0.2) is 36.6 Å². The molecule has 3 nitrogen and oxygen atoms in total. The first kappa shape index (κ1) is 14.1. The van der Waals surface area contributed by atoms with Gasteiger partial charge in [-0.2, -0.15) is 0 Å². The van der Waals surface area contributed by atoms with Gasteiger partial charge in [-0.3, -0.25) is 4.98 Å². The van der Waals surface area contributed by atoms with Crippen LogP contribution in [0.1, 0.15) is 26.0 Å². The van der Waals surface area contributed by atoms with E-state index in [4.69, 9.17) is 5.73 Å². The fraction of sp³-hybridized carbons (Fsp3) is 0.643. The maximum absolute atomic E-state index is 5.83. The van der Waals surface area contributed by atoms with E-state index in [1.165, 1.54) is 0 Å². The Morgan fingerprint density at radius 2 is 2.18 bits per heavy atom. The second-order valence-electron chi connectivity index (χ2n) is 5.18. The number of hydrogen-bond acceptors (Lipinski definition) is 3. The van der Waals surface area contributed by atoms with Crippen molar-refractivity contribution in [3.8, 4) is 0 Å². The van der Waals surface area contributed by atoms with Crippen molar-refractivity contribution in [1.29, 1.82) is 0 Å². The van der Waals surface area contributed by atoms with Crippen LogP contribution in [0.4, 0.5) is 0 Å². The average molecular weight is 235 g/mol. The van der Waals surface area contributed by atoms with Gasteiger partial charge in [-0.1, -0.05) is 19.9 Å². The first-order chi connectivity index (χ1) is 8.09. The summed E-state index contributed by atoms with van der Waals surface area (Å²) in [5, 5.41) is 0. The van der Waals surface area contributed by atoms with Crippen molar-refractivity contribution in [3.05, 3.63) is 30.1 Å². The Hall–Kier alpha value is -0.930. The molecular formula is C14H25N3. The molecule has 0 aliphatic carbocycles. The van der Waals surface area contributed by atoms with Gasteiger partial charge in [0.1, 0.15) is 0 Å². The lowest BCUT2D eigenvalue weighted by Crippen LogP contribution is -2.39. The fourth-order valence-electron chi connectivity index (χ4n) is 1.90. The van der Waals surface area contributed by atoms with Gasteiger partial charge in [-0.15, -0.1) is 0 Å². The molecule has 1 aromatic rings. The highest BCUT2D eigenvalue weighted by molar-refractivity contribution is 5.03. The van der Waals surface area contributed by atoms with Gasteiger partial charge in [0.25, 0.3) is 0 Å². The molecule has 0 aliphatic rings. The molecule has 96 valence electrons. The summed E-state index contributed by atoms with van der Waals surface area (Å²) in [4.78, 5) is 6.69. The summed E-state index contributed by atoms with van der Waals surface area (Å²) in [6.45, 7) is 7.29. The largest absolute Gasteiger partial charge is 0.330 e. The first-order valence-electron chi connectivity index (χ1n) is 6.38. The molecule has 0 saturated heterocycles. The Bertz CT molecular complexity index is 307. The average Bonchev–Trinajstić information content (AvgIpc) is 2.37. The van der Waals surface area contributed by atoms with Crippen molar-refractivity contribution in [2.24, 2.45) is 11.1 Å². The van der Waals surface area contributed by atoms with Gasteiger partial charge in [-0.25, -0.2) is 0 Å². The van der Waals surface area contributed by atoms with Crippen molar-refractivity contribution >= 4 is 0 Å². The monoisotopic (exact) mass is 235 g/mol. The molecule has 0 amide bonds. The Morgan fingerprint density at radius 1 is 1.41 bits per heavy atom. The lowest BCUT2D eigenvalue weighted by atomic mass is 9.87. The van der Waals surface area contributed by atoms with Gasteiger partial charge in [0.15, 0.2) is 0 Å². The normalized spacial score (nSPS) is 14.9. The zero-order chi connectivity index (χ0) is 12.7. The summed E-state index contributed by atoms with van der Waals surface area (Å²) in [5.41, 5.74) is 7.23. The molecular weight excluding hydrogens is 210 g/mol. The topological polar surface area (TPSA) is 42.1 Å². The van der Waals surface area contributed by atoms with Gasteiger partial charge in [0, 0.05) is 31.4 Å². The number of nitrogens with zero attached hydrogens (tertiary/aromatic N) is 2. The van der Waals surface area contributed by atoms with E-state index < -0.39 is 0 Å². The molecule has 2 N–H and O–H groups in total. The van der Waals surface area contributed by atoms with Crippen LogP contribution in [0, 0.1) is 5.41 Å². The molecule has 17 heavy (non-hydrogen) atoms. The number of likely N-dealkylation sites (N-methyl/N-ethyl adjacent to an activating group) is 1. The van der Waals surface area contributed by atoms with Crippen LogP contribution in [0.3, 0.4) is 0 Å².